The van der Waals surface area contributed by atoms with Crippen LogP contribution in [-0.4, -0.2) is 28.9 Å². The predicted octanol–water partition coefficient (Wildman–Crippen LogP) is 3.33. The van der Waals surface area contributed by atoms with E-state index in [9.17, 15) is 9.18 Å². The Bertz CT molecular complexity index is 701. The van der Waals surface area contributed by atoms with Gasteiger partial charge in [-0.3, -0.25) is 9.69 Å². The summed E-state index contributed by atoms with van der Waals surface area (Å²) in [5.41, 5.74) is 1.72. The van der Waals surface area contributed by atoms with Crippen LogP contribution in [0.1, 0.15) is 30.0 Å². The van der Waals surface area contributed by atoms with E-state index >= 15 is 0 Å². The second-order valence-electron chi connectivity index (χ2n) is 6.14. The fourth-order valence-electron chi connectivity index (χ4n) is 2.64. The summed E-state index contributed by atoms with van der Waals surface area (Å²) in [4.78, 5) is 18.7. The molecule has 0 radical (unpaired) electrons. The van der Waals surface area contributed by atoms with E-state index in [0.29, 0.717) is 11.7 Å². The summed E-state index contributed by atoms with van der Waals surface area (Å²) in [5.74, 6) is -0.377. The molecule has 1 aliphatic carbocycles. The zero-order valence-electron chi connectivity index (χ0n) is 13.4. The minimum atomic E-state index is -0.484. The molecule has 3 rings (SSSR count). The number of carbonyl (C=O) groups excluding carboxylic acids is 1. The summed E-state index contributed by atoms with van der Waals surface area (Å²) in [6.07, 6.45) is 3.73. The smallest absolute Gasteiger partial charge is 0.242 e. The first kappa shape index (κ1) is 16.9. The van der Waals surface area contributed by atoms with Crippen LogP contribution in [0.3, 0.4) is 0 Å². The van der Waals surface area contributed by atoms with E-state index in [1.165, 1.54) is 12.1 Å². The molecule has 1 fully saturated rings. The van der Waals surface area contributed by atoms with Crippen LogP contribution in [0.2, 0.25) is 5.15 Å². The average molecular weight is 348 g/mol. The molecular weight excluding hydrogens is 329 g/mol. The van der Waals surface area contributed by atoms with Crippen LogP contribution in [0.25, 0.3) is 0 Å². The van der Waals surface area contributed by atoms with Crippen LogP contribution in [0, 0.1) is 5.82 Å². The first-order valence-electron chi connectivity index (χ1n) is 7.89. The first-order chi connectivity index (χ1) is 11.5. The lowest BCUT2D eigenvalue weighted by atomic mass is 10.0. The van der Waals surface area contributed by atoms with Crippen molar-refractivity contribution in [3.63, 3.8) is 0 Å². The fourth-order valence-corrected chi connectivity index (χ4v) is 2.75. The van der Waals surface area contributed by atoms with E-state index in [0.717, 1.165) is 24.0 Å². The van der Waals surface area contributed by atoms with Crippen LogP contribution < -0.4 is 5.32 Å². The molecule has 0 aliphatic heterocycles. The Morgan fingerprint density at radius 2 is 2.04 bits per heavy atom. The van der Waals surface area contributed by atoms with Crippen molar-refractivity contribution in [2.24, 2.45) is 0 Å². The van der Waals surface area contributed by atoms with E-state index < -0.39 is 6.04 Å². The second-order valence-corrected chi connectivity index (χ2v) is 6.53. The van der Waals surface area contributed by atoms with Crippen molar-refractivity contribution in [3.05, 3.63) is 64.7 Å². The summed E-state index contributed by atoms with van der Waals surface area (Å²) in [6.45, 7) is 0.532. The molecule has 1 aliphatic rings. The van der Waals surface area contributed by atoms with Gasteiger partial charge < -0.3 is 5.32 Å². The Kier molecular flexibility index (Phi) is 5.11. The van der Waals surface area contributed by atoms with Crippen molar-refractivity contribution in [2.75, 3.05) is 7.05 Å². The Morgan fingerprint density at radius 1 is 1.33 bits per heavy atom. The molecule has 4 nitrogen and oxygen atoms in total. The van der Waals surface area contributed by atoms with Crippen LogP contribution in [0.15, 0.2) is 42.6 Å². The van der Waals surface area contributed by atoms with Crippen LogP contribution in [-0.2, 0) is 11.3 Å². The third-order valence-corrected chi connectivity index (χ3v) is 4.24. The van der Waals surface area contributed by atoms with E-state index in [4.69, 9.17) is 11.6 Å². The summed E-state index contributed by atoms with van der Waals surface area (Å²) >= 11 is 5.81. The van der Waals surface area contributed by atoms with Gasteiger partial charge in [0.2, 0.25) is 5.91 Å². The molecular formula is C18H19ClFN3O. The third-order valence-electron chi connectivity index (χ3n) is 4.02. The zero-order valence-corrected chi connectivity index (χ0v) is 14.1. The second kappa shape index (κ2) is 7.28. The highest BCUT2D eigenvalue weighted by molar-refractivity contribution is 6.29. The largest absolute Gasteiger partial charge is 0.352 e. The normalized spacial score (nSPS) is 15.3. The minimum Gasteiger partial charge on any atom is -0.352 e. The molecule has 126 valence electrons. The van der Waals surface area contributed by atoms with Crippen molar-refractivity contribution in [3.8, 4) is 0 Å². The molecule has 6 heteroatoms. The molecule has 0 bridgehead atoms. The maximum absolute atomic E-state index is 13.2. The molecule has 0 spiro atoms. The number of benzene rings is 1. The van der Waals surface area contributed by atoms with Gasteiger partial charge in [0.15, 0.2) is 0 Å². The van der Waals surface area contributed by atoms with Crippen molar-refractivity contribution in [2.45, 2.75) is 31.5 Å². The van der Waals surface area contributed by atoms with Gasteiger partial charge in [-0.25, -0.2) is 9.37 Å². The van der Waals surface area contributed by atoms with E-state index in [2.05, 4.69) is 10.3 Å². The summed E-state index contributed by atoms with van der Waals surface area (Å²) < 4.78 is 13.2. The zero-order chi connectivity index (χ0) is 17.1. The highest BCUT2D eigenvalue weighted by Crippen LogP contribution is 2.25. The summed E-state index contributed by atoms with van der Waals surface area (Å²) in [7, 11) is 1.87. The third kappa shape index (κ3) is 4.30. The fraction of sp³-hybridized carbons (Fsp3) is 0.333. The monoisotopic (exact) mass is 347 g/mol. The van der Waals surface area contributed by atoms with Crippen molar-refractivity contribution >= 4 is 17.5 Å². The molecule has 1 saturated carbocycles. The number of carbonyl (C=O) groups is 1. The Labute approximate surface area is 145 Å². The Balaban J connectivity index is 1.80. The molecule has 1 aromatic carbocycles. The van der Waals surface area contributed by atoms with E-state index in [1.807, 2.05) is 18.0 Å². The number of pyridine rings is 1. The van der Waals surface area contributed by atoms with Gasteiger partial charge in [-0.05, 0) is 49.2 Å². The lowest BCUT2D eigenvalue weighted by Crippen LogP contribution is -2.39. The van der Waals surface area contributed by atoms with E-state index in [1.54, 1.807) is 24.4 Å². The first-order valence-corrected chi connectivity index (χ1v) is 8.27. The number of hydrogen-bond donors (Lipinski definition) is 1. The van der Waals surface area contributed by atoms with Crippen molar-refractivity contribution in [1.29, 1.82) is 0 Å². The summed E-state index contributed by atoms with van der Waals surface area (Å²) in [6, 6.07) is 9.46. The van der Waals surface area contributed by atoms with Gasteiger partial charge >= 0.3 is 0 Å². The predicted molar refractivity (Wildman–Crippen MR) is 91.0 cm³/mol. The van der Waals surface area contributed by atoms with Crippen molar-refractivity contribution in [1.82, 2.24) is 15.2 Å². The topological polar surface area (TPSA) is 45.2 Å². The number of amides is 1. The number of hydrogen-bond acceptors (Lipinski definition) is 3. The molecule has 0 unspecified atom stereocenters. The van der Waals surface area contributed by atoms with Gasteiger partial charge in [0.05, 0.1) is 0 Å². The SMILES string of the molecule is CN(Cc1ccc(Cl)nc1)[C@H](C(=O)NC1CC1)c1ccc(F)cc1. The lowest BCUT2D eigenvalue weighted by molar-refractivity contribution is -0.126. The van der Waals surface area contributed by atoms with Gasteiger partial charge in [-0.15, -0.1) is 0 Å². The number of halogens is 2. The van der Waals surface area contributed by atoms with Gasteiger partial charge in [0.25, 0.3) is 0 Å². The molecule has 1 atom stereocenters. The molecule has 24 heavy (non-hydrogen) atoms. The number of rotatable bonds is 6. The molecule has 1 aromatic heterocycles. The highest BCUT2D eigenvalue weighted by Gasteiger charge is 2.30. The molecule has 0 saturated heterocycles. The standard InChI is InChI=1S/C18H19ClFN3O/c1-23(11-12-2-9-16(19)21-10-12)17(18(24)22-15-7-8-15)13-3-5-14(20)6-4-13/h2-6,9-10,15,17H,7-8,11H2,1H3,(H,22,24)/t17-/m0/s1. The molecule has 1 N–H and O–H groups in total. The number of aromatic nitrogens is 1. The Hall–Kier alpha value is -1.98. The minimum absolute atomic E-state index is 0.0615. The number of nitrogens with one attached hydrogen (secondary N) is 1. The van der Waals surface area contributed by atoms with Gasteiger partial charge in [-0.1, -0.05) is 29.8 Å². The van der Waals surface area contributed by atoms with Crippen LogP contribution in [0.5, 0.6) is 0 Å². The quantitative estimate of drug-likeness (QED) is 0.815. The molecule has 1 heterocycles. The number of likely N-dealkylation sites (N-methyl/N-ethyl adjacent to an activating group) is 1. The van der Waals surface area contributed by atoms with E-state index in [-0.39, 0.29) is 17.8 Å². The van der Waals surface area contributed by atoms with Crippen molar-refractivity contribution < 1.29 is 9.18 Å². The Morgan fingerprint density at radius 3 is 2.62 bits per heavy atom. The van der Waals surface area contributed by atoms with Gasteiger partial charge in [0.1, 0.15) is 17.0 Å². The summed E-state index contributed by atoms with van der Waals surface area (Å²) in [5, 5.41) is 3.47. The lowest BCUT2D eigenvalue weighted by Gasteiger charge is -2.27. The maximum Gasteiger partial charge on any atom is 0.242 e. The maximum atomic E-state index is 13.2. The van der Waals surface area contributed by atoms with Gasteiger partial charge in [-0.2, -0.15) is 0 Å². The molecule has 1 amide bonds. The van der Waals surface area contributed by atoms with Crippen LogP contribution >= 0.6 is 11.6 Å². The van der Waals surface area contributed by atoms with Gasteiger partial charge in [0, 0.05) is 18.8 Å². The highest BCUT2D eigenvalue weighted by atomic mass is 35.5. The molecule has 2 aromatic rings. The number of nitrogens with zero attached hydrogens (tertiary/aromatic N) is 2. The van der Waals surface area contributed by atoms with Crippen LogP contribution in [0.4, 0.5) is 4.39 Å². The average Bonchev–Trinajstić information content (AvgIpc) is 3.36.